The largest absolute Gasteiger partial charge is 1.00 e. The summed E-state index contributed by atoms with van der Waals surface area (Å²) in [6.07, 6.45) is 0. The fourth-order valence-electron chi connectivity index (χ4n) is 0. The van der Waals surface area contributed by atoms with Crippen LogP contribution in [0.5, 0.6) is 0 Å². The predicted molar refractivity (Wildman–Crippen MR) is 22.2 cm³/mol. The minimum atomic E-state index is 0. The van der Waals surface area contributed by atoms with E-state index < -0.39 is 0 Å². The van der Waals surface area contributed by atoms with Crippen molar-refractivity contribution in [2.45, 2.75) is 0 Å². The maximum Gasteiger partial charge on any atom is 1.00 e. The molecule has 0 nitrogen and oxygen atoms in total. The molecule has 0 rings (SSSR count). The number of rotatable bonds is 0. The zero-order valence-electron chi connectivity index (χ0n) is 4.18. The van der Waals surface area contributed by atoms with Gasteiger partial charge in [0.1, 0.15) is 0 Å². The molecule has 0 spiro atoms. The summed E-state index contributed by atoms with van der Waals surface area (Å²) in [7, 11) is 0. The second-order valence-corrected chi connectivity index (χ2v) is 0. The quantitative estimate of drug-likeness (QED) is 0.268. The third-order valence-corrected chi connectivity index (χ3v) is 0. The Morgan fingerprint density at radius 1 is 1.20 bits per heavy atom. The number of hydrogen-bond acceptors (Lipinski definition) is 0. The van der Waals surface area contributed by atoms with Crippen LogP contribution in [0.25, 0.3) is 0 Å². The maximum atomic E-state index is 0. The van der Waals surface area contributed by atoms with Crippen molar-refractivity contribution in [3.05, 3.63) is 0 Å². The standard InChI is InChI=1S/Bi.Fe.K.Mo.H3P.4H/h;;;;1H3;;;;/q;;+1;;;;;;-1. The first-order valence-corrected chi connectivity index (χ1v) is 0. The average molecular weight is 438 g/mol. The Morgan fingerprint density at radius 3 is 1.20 bits per heavy atom. The molecule has 0 radical (unpaired) electrons. The van der Waals surface area contributed by atoms with Crippen LogP contribution in [-0.2, 0) is 38.1 Å². The predicted octanol–water partition coefficient (Wildman–Crippen LogP) is -4.01. The maximum absolute atomic E-state index is 0. The molecule has 1 unspecified atom stereocenters. The van der Waals surface area contributed by atoms with Gasteiger partial charge in [0.15, 0.2) is 0 Å². The summed E-state index contributed by atoms with van der Waals surface area (Å²) in [5, 5.41) is 0. The molecule has 0 aromatic carbocycles. The van der Waals surface area contributed by atoms with Crippen LogP contribution < -0.4 is 51.4 Å². The Labute approximate surface area is 124 Å². The van der Waals surface area contributed by atoms with Crippen molar-refractivity contribution in [1.29, 1.82) is 0 Å². The van der Waals surface area contributed by atoms with Crippen molar-refractivity contribution >= 4 is 36.1 Å². The van der Waals surface area contributed by atoms with Crippen LogP contribution in [0.4, 0.5) is 0 Å². The Bertz CT molecular complexity index is 15.5. The first-order valence-electron chi connectivity index (χ1n) is 0. The zero-order chi connectivity index (χ0) is 0. The van der Waals surface area contributed by atoms with Crippen LogP contribution in [0.15, 0.2) is 0 Å². The van der Waals surface area contributed by atoms with Gasteiger partial charge < -0.3 is 1.43 Å². The summed E-state index contributed by atoms with van der Waals surface area (Å²) in [6.45, 7) is 0. The molecular weight excluding hydrogens is 431 g/mol. The molecule has 0 saturated heterocycles. The molecule has 0 aromatic rings. The molecule has 0 aliphatic heterocycles. The topological polar surface area (TPSA) is 0 Å². The van der Waals surface area contributed by atoms with Gasteiger partial charge in [-0.1, -0.05) is 0 Å². The molecule has 5 heteroatoms. The summed E-state index contributed by atoms with van der Waals surface area (Å²) >= 11 is 0. The first-order chi connectivity index (χ1) is 0. The SMILES string of the molecule is P.[BiH3].[Fe].[H-].[K+].[Mo]. The van der Waals surface area contributed by atoms with E-state index in [-0.39, 0.29) is 127 Å². The van der Waals surface area contributed by atoms with Crippen LogP contribution in [0.3, 0.4) is 0 Å². The van der Waals surface area contributed by atoms with E-state index in [2.05, 4.69) is 0 Å². The summed E-state index contributed by atoms with van der Waals surface area (Å²) in [4.78, 5) is 0. The summed E-state index contributed by atoms with van der Waals surface area (Å²) in [5.41, 5.74) is 0. The van der Waals surface area contributed by atoms with Crippen molar-refractivity contribution in [1.82, 2.24) is 0 Å². The molecule has 0 saturated carbocycles. The molecule has 0 fully saturated rings. The van der Waals surface area contributed by atoms with Gasteiger partial charge in [0.2, 0.25) is 0 Å². The van der Waals surface area contributed by atoms with Crippen molar-refractivity contribution in [2.24, 2.45) is 0 Å². The number of hydrogen-bond donors (Lipinski definition) is 0. The molecule has 0 bridgehead atoms. The fraction of sp³-hybridized carbons (Fsp3) is 0. The molecule has 5 heavy (non-hydrogen) atoms. The van der Waals surface area contributed by atoms with E-state index in [4.69, 9.17) is 0 Å². The van der Waals surface area contributed by atoms with Crippen LogP contribution in [0.2, 0.25) is 0 Å². The molecule has 32 valence electrons. The molecule has 0 aromatic heterocycles. The van der Waals surface area contributed by atoms with Gasteiger partial charge in [-0.05, 0) is 0 Å². The Hall–Kier alpha value is 4.16. The van der Waals surface area contributed by atoms with E-state index >= 15 is 0 Å². The fourth-order valence-corrected chi connectivity index (χ4v) is 0. The second kappa shape index (κ2) is 24.2. The Kier molecular flexibility index (Phi) is 170. The van der Waals surface area contributed by atoms with E-state index in [1.807, 2.05) is 0 Å². The van der Waals surface area contributed by atoms with Gasteiger partial charge in [0, 0.05) is 38.1 Å². The van der Waals surface area contributed by atoms with Gasteiger partial charge in [0.25, 0.3) is 0 Å². The van der Waals surface area contributed by atoms with Gasteiger partial charge >= 0.3 is 77.6 Å². The van der Waals surface area contributed by atoms with E-state index in [0.717, 1.165) is 0 Å². The Balaban J connectivity index is 0. The van der Waals surface area contributed by atoms with Gasteiger partial charge in [-0.2, -0.15) is 9.90 Å². The molecule has 0 heterocycles. The molecule has 0 aliphatic carbocycles. The van der Waals surface area contributed by atoms with Gasteiger partial charge in [-0.25, -0.2) is 0 Å². The van der Waals surface area contributed by atoms with Crippen LogP contribution >= 0.6 is 9.90 Å². The van der Waals surface area contributed by atoms with Crippen LogP contribution in [-0.4, -0.2) is 26.2 Å². The Morgan fingerprint density at radius 2 is 1.20 bits per heavy atom. The third-order valence-electron chi connectivity index (χ3n) is 0. The average Bonchev–Trinajstić information content (AvgIpc) is 0. The minimum absolute atomic E-state index is 0. The smallest absolute Gasteiger partial charge is 1.00 e. The monoisotopic (exact) mass is 440 g/mol. The van der Waals surface area contributed by atoms with Crippen molar-refractivity contribution in [3.63, 3.8) is 0 Å². The molecule has 1 atom stereocenters. The summed E-state index contributed by atoms with van der Waals surface area (Å²) in [5.74, 6) is 0. The van der Waals surface area contributed by atoms with Gasteiger partial charge in [-0.3, -0.25) is 0 Å². The van der Waals surface area contributed by atoms with Crippen molar-refractivity contribution in [2.75, 3.05) is 0 Å². The molecule has 0 N–H and O–H groups in total. The van der Waals surface area contributed by atoms with E-state index in [9.17, 15) is 0 Å². The van der Waals surface area contributed by atoms with E-state index in [0.29, 0.717) is 0 Å². The third kappa shape index (κ3) is 17.9. The zero-order valence-corrected chi connectivity index (χ0v) is 16.3. The van der Waals surface area contributed by atoms with Crippen LogP contribution in [0, 0.1) is 0 Å². The summed E-state index contributed by atoms with van der Waals surface area (Å²) in [6, 6.07) is 0. The summed E-state index contributed by atoms with van der Waals surface area (Å²) < 4.78 is 0. The van der Waals surface area contributed by atoms with Gasteiger partial charge in [0.05, 0.1) is 0 Å². The van der Waals surface area contributed by atoms with Crippen LogP contribution in [0.1, 0.15) is 1.43 Å². The minimum Gasteiger partial charge on any atom is -1.00 e. The normalized spacial score (nSPS) is 0. The second-order valence-electron chi connectivity index (χ2n) is 0. The molecular formula is H7BiFeKMoP. The van der Waals surface area contributed by atoms with Crippen molar-refractivity contribution in [3.8, 4) is 0 Å². The first kappa shape index (κ1) is 35.3. The molecule has 0 aliphatic rings. The van der Waals surface area contributed by atoms with E-state index in [1.54, 1.807) is 0 Å². The van der Waals surface area contributed by atoms with Crippen molar-refractivity contribution < 1.29 is 90.9 Å². The molecule has 0 amide bonds. The van der Waals surface area contributed by atoms with Gasteiger partial charge in [-0.15, -0.1) is 0 Å². The van der Waals surface area contributed by atoms with E-state index in [1.165, 1.54) is 0 Å².